The molecule has 0 spiro atoms. The predicted molar refractivity (Wildman–Crippen MR) is 62.9 cm³/mol. The fourth-order valence-corrected chi connectivity index (χ4v) is 1.18. The van der Waals surface area contributed by atoms with Crippen LogP contribution in [0.3, 0.4) is 0 Å². The highest BCUT2D eigenvalue weighted by Crippen LogP contribution is 2.12. The van der Waals surface area contributed by atoms with Crippen molar-refractivity contribution in [2.75, 3.05) is 21.2 Å². The number of Topliss-reactive ketones (excluding diaryl/α,β-unsaturated/α-hetero) is 1. The number of hydrogen-bond acceptors (Lipinski definition) is 4. The summed E-state index contributed by atoms with van der Waals surface area (Å²) in [5, 5.41) is 0. The molecule has 0 aliphatic rings. The van der Waals surface area contributed by atoms with Crippen molar-refractivity contribution in [2.45, 2.75) is 26.7 Å². The molecule has 0 aliphatic heterocycles. The molecular weight excluding hydrogens is 206 g/mol. The molecule has 0 aromatic heterocycles. The highest BCUT2D eigenvalue weighted by molar-refractivity contribution is 6.17. The highest BCUT2D eigenvalue weighted by Gasteiger charge is 2.20. The van der Waals surface area contributed by atoms with Crippen LogP contribution in [0.15, 0.2) is 11.8 Å². The van der Waals surface area contributed by atoms with Crippen LogP contribution in [0.4, 0.5) is 0 Å². The minimum Gasteiger partial charge on any atom is -0.465 e. The average molecular weight is 227 g/mol. The number of nitrogens with zero attached hydrogens (tertiary/aromatic N) is 1. The first kappa shape index (κ1) is 14.7. The van der Waals surface area contributed by atoms with Crippen LogP contribution in [-0.4, -0.2) is 37.9 Å². The second kappa shape index (κ2) is 7.04. The molecule has 0 heterocycles. The van der Waals surface area contributed by atoms with Gasteiger partial charge in [0.15, 0.2) is 5.78 Å². The van der Waals surface area contributed by atoms with E-state index in [1.54, 1.807) is 19.0 Å². The summed E-state index contributed by atoms with van der Waals surface area (Å²) in [6.45, 7) is 4.01. The fraction of sp³-hybridized carbons (Fsp3) is 0.667. The molecule has 0 fully saturated rings. The zero-order valence-electron chi connectivity index (χ0n) is 10.7. The van der Waals surface area contributed by atoms with Crippen molar-refractivity contribution >= 4 is 11.8 Å². The van der Waals surface area contributed by atoms with Crippen molar-refractivity contribution in [1.82, 2.24) is 4.90 Å². The van der Waals surface area contributed by atoms with E-state index in [-0.39, 0.29) is 17.3 Å². The van der Waals surface area contributed by atoms with Gasteiger partial charge in [-0.05, 0) is 5.92 Å². The van der Waals surface area contributed by atoms with Gasteiger partial charge < -0.3 is 9.64 Å². The summed E-state index contributed by atoms with van der Waals surface area (Å²) in [5.74, 6) is -0.445. The zero-order valence-corrected chi connectivity index (χ0v) is 10.7. The first-order valence-corrected chi connectivity index (χ1v) is 5.42. The standard InChI is InChI=1S/C12H21NO3/c1-6-9(2)7-11(14)10(8-13(3)4)12(15)16-5/h8-9H,6-7H2,1-5H3/b10-8-. The Balaban J connectivity index is 4.78. The maximum absolute atomic E-state index is 11.9. The Labute approximate surface area is 97.3 Å². The molecule has 0 aromatic carbocycles. The summed E-state index contributed by atoms with van der Waals surface area (Å²) in [5.41, 5.74) is 0.118. The van der Waals surface area contributed by atoms with Gasteiger partial charge in [0, 0.05) is 26.7 Å². The van der Waals surface area contributed by atoms with E-state index in [0.29, 0.717) is 6.42 Å². The Kier molecular flexibility index (Phi) is 6.46. The molecule has 0 saturated carbocycles. The van der Waals surface area contributed by atoms with Crippen LogP contribution in [0, 0.1) is 5.92 Å². The highest BCUT2D eigenvalue weighted by atomic mass is 16.5. The van der Waals surface area contributed by atoms with E-state index in [1.807, 2.05) is 13.8 Å². The number of ketones is 1. The summed E-state index contributed by atoms with van der Waals surface area (Å²) in [7, 11) is 4.81. The predicted octanol–water partition coefficient (Wildman–Crippen LogP) is 1.61. The smallest absolute Gasteiger partial charge is 0.342 e. The summed E-state index contributed by atoms with van der Waals surface area (Å²) in [6, 6.07) is 0. The lowest BCUT2D eigenvalue weighted by Crippen LogP contribution is -2.19. The van der Waals surface area contributed by atoms with E-state index < -0.39 is 5.97 Å². The van der Waals surface area contributed by atoms with Crippen LogP contribution in [0.1, 0.15) is 26.7 Å². The zero-order chi connectivity index (χ0) is 12.7. The van der Waals surface area contributed by atoms with E-state index in [0.717, 1.165) is 6.42 Å². The van der Waals surface area contributed by atoms with E-state index in [1.165, 1.54) is 13.3 Å². The quantitative estimate of drug-likeness (QED) is 0.299. The normalized spacial score (nSPS) is 13.2. The number of ether oxygens (including phenoxy) is 1. The number of carbonyl (C=O) groups is 2. The Morgan fingerprint density at radius 3 is 2.31 bits per heavy atom. The summed E-state index contributed by atoms with van der Waals surface area (Å²) >= 11 is 0. The second-order valence-corrected chi connectivity index (χ2v) is 4.14. The van der Waals surface area contributed by atoms with Crippen LogP contribution in [-0.2, 0) is 14.3 Å². The van der Waals surface area contributed by atoms with Crippen LogP contribution in [0.5, 0.6) is 0 Å². The topological polar surface area (TPSA) is 46.6 Å². The molecule has 1 unspecified atom stereocenters. The molecule has 4 nitrogen and oxygen atoms in total. The van der Waals surface area contributed by atoms with E-state index >= 15 is 0 Å². The number of esters is 1. The largest absolute Gasteiger partial charge is 0.465 e. The van der Waals surface area contributed by atoms with Crippen molar-refractivity contribution in [2.24, 2.45) is 5.92 Å². The van der Waals surface area contributed by atoms with Gasteiger partial charge >= 0.3 is 5.97 Å². The summed E-state index contributed by atoms with van der Waals surface area (Å²) in [6.07, 6.45) is 2.81. The van der Waals surface area contributed by atoms with Gasteiger partial charge in [0.05, 0.1) is 7.11 Å². The molecule has 0 amide bonds. The maximum Gasteiger partial charge on any atom is 0.342 e. The molecular formula is C12H21NO3. The van der Waals surface area contributed by atoms with Gasteiger partial charge in [-0.25, -0.2) is 4.79 Å². The minimum atomic E-state index is -0.568. The van der Waals surface area contributed by atoms with Crippen molar-refractivity contribution < 1.29 is 14.3 Å². The van der Waals surface area contributed by atoms with E-state index in [2.05, 4.69) is 4.74 Å². The Morgan fingerprint density at radius 1 is 1.38 bits per heavy atom. The van der Waals surface area contributed by atoms with Crippen LogP contribution in [0.2, 0.25) is 0 Å². The lowest BCUT2D eigenvalue weighted by atomic mass is 9.98. The molecule has 0 aliphatic carbocycles. The van der Waals surface area contributed by atoms with Gasteiger partial charge in [-0.15, -0.1) is 0 Å². The first-order chi connectivity index (χ1) is 7.42. The number of carbonyl (C=O) groups excluding carboxylic acids is 2. The third kappa shape index (κ3) is 4.96. The van der Waals surface area contributed by atoms with Crippen LogP contribution >= 0.6 is 0 Å². The Hall–Kier alpha value is -1.32. The van der Waals surface area contributed by atoms with E-state index in [9.17, 15) is 9.59 Å². The molecule has 1 atom stereocenters. The van der Waals surface area contributed by atoms with Crippen molar-refractivity contribution in [3.8, 4) is 0 Å². The average Bonchev–Trinajstić information content (AvgIpc) is 2.24. The van der Waals surface area contributed by atoms with Crippen molar-refractivity contribution in [1.29, 1.82) is 0 Å². The SMILES string of the molecule is CCC(C)CC(=O)/C(=C/N(C)C)C(=O)OC. The third-order valence-corrected chi connectivity index (χ3v) is 2.32. The monoisotopic (exact) mass is 227 g/mol. The molecule has 16 heavy (non-hydrogen) atoms. The molecule has 0 bridgehead atoms. The van der Waals surface area contributed by atoms with Gasteiger partial charge in [-0.3, -0.25) is 4.79 Å². The second-order valence-electron chi connectivity index (χ2n) is 4.14. The molecule has 92 valence electrons. The van der Waals surface area contributed by atoms with Crippen molar-refractivity contribution in [3.05, 3.63) is 11.8 Å². The molecule has 0 saturated heterocycles. The van der Waals surface area contributed by atoms with Crippen LogP contribution < -0.4 is 0 Å². The molecule has 4 heteroatoms. The Morgan fingerprint density at radius 2 is 1.94 bits per heavy atom. The maximum atomic E-state index is 11.9. The number of methoxy groups -OCH3 is 1. The molecule has 0 radical (unpaired) electrons. The van der Waals surface area contributed by atoms with Crippen molar-refractivity contribution in [3.63, 3.8) is 0 Å². The third-order valence-electron chi connectivity index (χ3n) is 2.32. The molecule has 0 N–H and O–H groups in total. The summed E-state index contributed by atoms with van der Waals surface area (Å²) < 4.78 is 4.59. The Bertz CT molecular complexity index is 282. The van der Waals surface area contributed by atoms with Gasteiger partial charge in [0.1, 0.15) is 5.57 Å². The van der Waals surface area contributed by atoms with Gasteiger partial charge in [-0.2, -0.15) is 0 Å². The number of rotatable bonds is 6. The summed E-state index contributed by atoms with van der Waals surface area (Å²) in [4.78, 5) is 24.9. The molecule has 0 aromatic rings. The van der Waals surface area contributed by atoms with Gasteiger partial charge in [0.2, 0.25) is 0 Å². The van der Waals surface area contributed by atoms with Gasteiger partial charge in [0.25, 0.3) is 0 Å². The lowest BCUT2D eigenvalue weighted by molar-refractivity contribution is -0.138. The van der Waals surface area contributed by atoms with E-state index in [4.69, 9.17) is 0 Å². The fourth-order valence-electron chi connectivity index (χ4n) is 1.18. The van der Waals surface area contributed by atoms with Gasteiger partial charge in [-0.1, -0.05) is 20.3 Å². The number of hydrogen-bond donors (Lipinski definition) is 0. The molecule has 0 rings (SSSR count). The minimum absolute atomic E-state index is 0.118. The first-order valence-electron chi connectivity index (χ1n) is 5.42. The lowest BCUT2D eigenvalue weighted by Gasteiger charge is -2.11. The van der Waals surface area contributed by atoms with Crippen LogP contribution in [0.25, 0.3) is 0 Å².